The van der Waals surface area contributed by atoms with Gasteiger partial charge in [-0.1, -0.05) is 37.3 Å². The zero-order valence-electron chi connectivity index (χ0n) is 24.9. The number of carbonyl (C=O) groups is 2. The van der Waals surface area contributed by atoms with Crippen LogP contribution in [0.4, 0.5) is 36.4 Å². The van der Waals surface area contributed by atoms with Gasteiger partial charge in [0, 0.05) is 44.3 Å². The van der Waals surface area contributed by atoms with Crippen LogP contribution < -0.4 is 4.90 Å². The maximum absolute atomic E-state index is 14.5. The zero-order valence-corrected chi connectivity index (χ0v) is 24.9. The molecule has 46 heavy (non-hydrogen) atoms. The number of hydrogen-bond donors (Lipinski definition) is 0. The molecule has 12 heteroatoms. The van der Waals surface area contributed by atoms with Crippen LogP contribution >= 0.6 is 0 Å². The van der Waals surface area contributed by atoms with E-state index >= 15 is 0 Å². The van der Waals surface area contributed by atoms with Crippen molar-refractivity contribution in [2.75, 3.05) is 31.1 Å². The normalized spacial score (nSPS) is 25.7. The smallest absolute Gasteiger partial charge is 0.371 e. The number of carbonyl (C=O) groups excluding carboxylic acids is 2. The van der Waals surface area contributed by atoms with Crippen molar-refractivity contribution in [3.05, 3.63) is 101 Å². The average molecular weight is 648 g/mol. The van der Waals surface area contributed by atoms with Crippen LogP contribution in [0.25, 0.3) is 0 Å². The van der Waals surface area contributed by atoms with Crippen LogP contribution in [0.3, 0.4) is 0 Å². The molecule has 0 radical (unpaired) electrons. The van der Waals surface area contributed by atoms with Crippen LogP contribution in [0.1, 0.15) is 41.5 Å². The Bertz CT molecular complexity index is 1560. The maximum Gasteiger partial charge on any atom is 0.416 e. The molecule has 3 aromatic rings. The van der Waals surface area contributed by atoms with Gasteiger partial charge < -0.3 is 14.7 Å². The Hall–Kier alpha value is -4.09. The molecule has 3 fully saturated rings. The lowest BCUT2D eigenvalue weighted by atomic mass is 9.66. The first kappa shape index (κ1) is 31.9. The number of rotatable bonds is 4. The summed E-state index contributed by atoms with van der Waals surface area (Å²) >= 11 is 0. The van der Waals surface area contributed by atoms with Gasteiger partial charge in [-0.15, -0.1) is 0 Å². The number of para-hydroxylation sites is 1. The van der Waals surface area contributed by atoms with Crippen LogP contribution in [-0.2, 0) is 28.5 Å². The molecule has 244 valence electrons. The highest BCUT2D eigenvalue weighted by atomic mass is 19.4. The molecule has 3 saturated heterocycles. The molecule has 6 rings (SSSR count). The van der Waals surface area contributed by atoms with E-state index < -0.39 is 59.6 Å². The third-order valence-corrected chi connectivity index (χ3v) is 9.41. The minimum absolute atomic E-state index is 0.0261. The Kier molecular flexibility index (Phi) is 8.27. The zero-order chi connectivity index (χ0) is 33.0. The van der Waals surface area contributed by atoms with Crippen molar-refractivity contribution >= 4 is 17.5 Å². The summed E-state index contributed by atoms with van der Waals surface area (Å²) in [6, 6.07) is 15.7. The molecule has 0 N–H and O–H groups in total. The number of benzene rings is 3. The van der Waals surface area contributed by atoms with Crippen molar-refractivity contribution in [2.24, 2.45) is 17.8 Å². The summed E-state index contributed by atoms with van der Waals surface area (Å²) in [5.74, 6) is -2.92. The quantitative estimate of drug-likeness (QED) is 0.287. The highest BCUT2D eigenvalue weighted by molar-refractivity contribution is 5.92. The molecule has 3 aliphatic rings. The lowest BCUT2D eigenvalue weighted by molar-refractivity contribution is -0.156. The Balaban J connectivity index is 1.39. The van der Waals surface area contributed by atoms with Gasteiger partial charge in [-0.05, 0) is 71.8 Å². The fourth-order valence-electron chi connectivity index (χ4n) is 7.44. The van der Waals surface area contributed by atoms with Gasteiger partial charge in [0.2, 0.25) is 11.8 Å². The minimum atomic E-state index is -5.03. The van der Waals surface area contributed by atoms with Gasteiger partial charge >= 0.3 is 12.4 Å². The molecule has 5 atom stereocenters. The number of nitrogens with zero attached hydrogens (tertiary/aromatic N) is 3. The van der Waals surface area contributed by atoms with Crippen molar-refractivity contribution in [3.8, 4) is 0 Å². The lowest BCUT2D eigenvalue weighted by Gasteiger charge is -2.52. The van der Waals surface area contributed by atoms with Crippen molar-refractivity contribution in [2.45, 2.75) is 44.2 Å². The van der Waals surface area contributed by atoms with Crippen molar-refractivity contribution in [1.82, 2.24) is 9.80 Å². The van der Waals surface area contributed by atoms with Gasteiger partial charge in [-0.2, -0.15) is 26.3 Å². The predicted molar refractivity (Wildman–Crippen MR) is 156 cm³/mol. The van der Waals surface area contributed by atoms with Gasteiger partial charge in [0.25, 0.3) is 0 Å². The highest BCUT2D eigenvalue weighted by Crippen LogP contribution is 2.47. The summed E-state index contributed by atoms with van der Waals surface area (Å²) in [7, 11) is 0. The average Bonchev–Trinajstić information content (AvgIpc) is 3.13. The molecule has 0 aliphatic carbocycles. The third kappa shape index (κ3) is 6.18. The molecule has 0 spiro atoms. The molecule has 0 bridgehead atoms. The second kappa shape index (κ2) is 11.9. The highest BCUT2D eigenvalue weighted by Gasteiger charge is 2.55. The maximum atomic E-state index is 14.5. The second-order valence-corrected chi connectivity index (χ2v) is 12.6. The Morgan fingerprint density at radius 1 is 0.783 bits per heavy atom. The topological polar surface area (TPSA) is 43.9 Å². The van der Waals surface area contributed by atoms with Gasteiger partial charge in [-0.3, -0.25) is 9.59 Å². The first-order valence-electron chi connectivity index (χ1n) is 15.1. The lowest BCUT2D eigenvalue weighted by Crippen LogP contribution is -2.63. The molecule has 2 amide bonds. The molecular weight excluding hydrogens is 615 g/mol. The molecule has 3 aliphatic heterocycles. The minimum Gasteiger partial charge on any atom is -0.371 e. The van der Waals surface area contributed by atoms with E-state index in [-0.39, 0.29) is 42.5 Å². The Morgan fingerprint density at radius 3 is 2.02 bits per heavy atom. The largest absolute Gasteiger partial charge is 0.416 e. The fourth-order valence-corrected chi connectivity index (χ4v) is 7.44. The number of amides is 2. The number of hydrogen-bond acceptors (Lipinski definition) is 3. The first-order valence-corrected chi connectivity index (χ1v) is 15.1. The monoisotopic (exact) mass is 647 g/mol. The number of fused-ring (bicyclic) bond motifs is 2. The molecule has 3 heterocycles. The summed E-state index contributed by atoms with van der Waals surface area (Å²) in [5.41, 5.74) is -1.63. The number of piperidine rings is 2. The summed E-state index contributed by atoms with van der Waals surface area (Å²) in [4.78, 5) is 33.6. The number of alkyl halides is 6. The van der Waals surface area contributed by atoms with E-state index in [1.165, 1.54) is 17.0 Å². The van der Waals surface area contributed by atoms with E-state index in [1.54, 1.807) is 24.0 Å². The van der Waals surface area contributed by atoms with Crippen molar-refractivity contribution < 1.29 is 40.3 Å². The van der Waals surface area contributed by atoms with Gasteiger partial charge in [0.05, 0.1) is 17.0 Å². The van der Waals surface area contributed by atoms with E-state index in [2.05, 4.69) is 4.90 Å². The van der Waals surface area contributed by atoms with Crippen molar-refractivity contribution in [3.63, 3.8) is 0 Å². The van der Waals surface area contributed by atoms with Crippen LogP contribution in [0, 0.1) is 23.6 Å². The van der Waals surface area contributed by atoms with E-state index in [0.29, 0.717) is 37.2 Å². The molecule has 3 aromatic carbocycles. The van der Waals surface area contributed by atoms with E-state index in [0.717, 1.165) is 5.69 Å². The van der Waals surface area contributed by atoms with E-state index in [9.17, 15) is 40.3 Å². The van der Waals surface area contributed by atoms with Gasteiger partial charge in [-0.25, -0.2) is 4.39 Å². The Labute approximate surface area is 261 Å². The molecule has 5 nitrogen and oxygen atoms in total. The Morgan fingerprint density at radius 2 is 1.41 bits per heavy atom. The standard InChI is InChI=1S/C34H32F7N3O2/c1-20-16-43(18-21-13-23(33(36,37)38)15-24(14-21)34(39,40)41)32(46)30-29(22-7-9-25(35)10-8-22)27-11-12-42(26-5-3-2-4-6-26)19-28(27)31(45)44(30)17-20/h2-10,13-15,20,27-30H,11-12,16-19H2,1H3/t20-,27?,28?,29?,30?/m0/s1. The molecule has 4 unspecified atom stereocenters. The summed E-state index contributed by atoms with van der Waals surface area (Å²) < 4.78 is 95.8. The van der Waals surface area contributed by atoms with Crippen LogP contribution in [0.15, 0.2) is 72.8 Å². The van der Waals surface area contributed by atoms with E-state index in [4.69, 9.17) is 0 Å². The van der Waals surface area contributed by atoms with Crippen molar-refractivity contribution in [1.29, 1.82) is 0 Å². The first-order chi connectivity index (χ1) is 21.7. The van der Waals surface area contributed by atoms with E-state index in [1.807, 2.05) is 30.3 Å². The summed E-state index contributed by atoms with van der Waals surface area (Å²) in [6.45, 7) is 2.50. The van der Waals surface area contributed by atoms with Crippen LogP contribution in [-0.4, -0.2) is 53.8 Å². The fraction of sp³-hybridized carbons (Fsp3) is 0.412. The molecular formula is C34H32F7N3O2. The SMILES string of the molecule is C[C@H]1CN(Cc2cc(C(F)(F)F)cc(C(F)(F)F)c2)C(=O)C2C(c3ccc(F)cc3)C3CCN(c4ccccc4)CC3C(=O)N2C1. The third-order valence-electron chi connectivity index (χ3n) is 9.41. The summed E-state index contributed by atoms with van der Waals surface area (Å²) in [5, 5.41) is 0. The summed E-state index contributed by atoms with van der Waals surface area (Å²) in [6.07, 6.45) is -9.52. The van der Waals surface area contributed by atoms with Gasteiger partial charge in [0.15, 0.2) is 0 Å². The van der Waals surface area contributed by atoms with Crippen LogP contribution in [0.5, 0.6) is 0 Å². The molecule has 0 saturated carbocycles. The predicted octanol–water partition coefficient (Wildman–Crippen LogP) is 6.98. The number of anilines is 1. The number of halogens is 7. The second-order valence-electron chi connectivity index (χ2n) is 12.6. The molecule has 0 aromatic heterocycles. The van der Waals surface area contributed by atoms with Crippen LogP contribution in [0.2, 0.25) is 0 Å². The van der Waals surface area contributed by atoms with Gasteiger partial charge in [0.1, 0.15) is 11.9 Å².